The summed E-state index contributed by atoms with van der Waals surface area (Å²) in [4.78, 5) is 19.3. The van der Waals surface area contributed by atoms with Crippen LogP contribution in [0.15, 0.2) is 65.1 Å². The summed E-state index contributed by atoms with van der Waals surface area (Å²) in [7, 11) is 0. The van der Waals surface area contributed by atoms with E-state index < -0.39 is 11.6 Å². The zero-order valence-electron chi connectivity index (χ0n) is 17.4. The molecule has 32 heavy (non-hydrogen) atoms. The molecule has 1 aliphatic heterocycles. The van der Waals surface area contributed by atoms with Crippen molar-refractivity contribution >= 4 is 22.8 Å². The van der Waals surface area contributed by atoms with Crippen LogP contribution in [-0.2, 0) is 0 Å². The van der Waals surface area contributed by atoms with E-state index in [2.05, 4.69) is 10.3 Å². The zero-order chi connectivity index (χ0) is 22.2. The number of fused-ring (bicyclic) bond motifs is 1. The normalized spacial score (nSPS) is 16.0. The summed E-state index contributed by atoms with van der Waals surface area (Å²) in [6, 6.07) is 16.3. The second-order valence-corrected chi connectivity index (χ2v) is 7.96. The average Bonchev–Trinajstić information content (AvgIpc) is 3.43. The molecule has 7 heteroatoms. The Hall–Kier alpha value is -3.74. The first-order valence-electron chi connectivity index (χ1n) is 10.5. The number of anilines is 1. The Morgan fingerprint density at radius 1 is 1.06 bits per heavy atom. The Kier molecular flexibility index (Phi) is 5.09. The predicted molar refractivity (Wildman–Crippen MR) is 118 cm³/mol. The second kappa shape index (κ2) is 8.07. The minimum Gasteiger partial charge on any atom is -0.438 e. The Morgan fingerprint density at radius 2 is 1.84 bits per heavy atom. The van der Waals surface area contributed by atoms with Gasteiger partial charge in [0.05, 0.1) is 0 Å². The van der Waals surface area contributed by atoms with Crippen molar-refractivity contribution in [2.24, 2.45) is 0 Å². The highest BCUT2D eigenvalue weighted by atomic mass is 19.2. The van der Waals surface area contributed by atoms with Gasteiger partial charge in [0.2, 0.25) is 5.89 Å². The Bertz CT molecular complexity index is 1320. The highest BCUT2D eigenvalue weighted by molar-refractivity contribution is 5.90. The fourth-order valence-electron chi connectivity index (χ4n) is 4.11. The Labute approximate surface area is 183 Å². The number of oxazole rings is 1. The topological polar surface area (TPSA) is 58.4 Å². The molecule has 0 spiro atoms. The number of aromatic nitrogens is 1. The number of urea groups is 1. The van der Waals surface area contributed by atoms with Crippen molar-refractivity contribution in [3.63, 3.8) is 0 Å². The van der Waals surface area contributed by atoms with Gasteiger partial charge in [-0.15, -0.1) is 0 Å². The van der Waals surface area contributed by atoms with Crippen molar-refractivity contribution in [1.29, 1.82) is 0 Å². The predicted octanol–water partition coefficient (Wildman–Crippen LogP) is 6.45. The van der Waals surface area contributed by atoms with Gasteiger partial charge in [-0.2, -0.15) is 0 Å². The van der Waals surface area contributed by atoms with Gasteiger partial charge in [-0.1, -0.05) is 30.3 Å². The van der Waals surface area contributed by atoms with Crippen LogP contribution in [0.5, 0.6) is 0 Å². The minimum absolute atomic E-state index is 0.188. The number of likely N-dealkylation sites (tertiary alicyclic amines) is 1. The van der Waals surface area contributed by atoms with Crippen molar-refractivity contribution < 1.29 is 18.0 Å². The van der Waals surface area contributed by atoms with Gasteiger partial charge in [0, 0.05) is 12.2 Å². The fraction of sp³-hybridized carbons (Fsp3) is 0.200. The molecular weight excluding hydrogens is 412 g/mol. The lowest BCUT2D eigenvalue weighted by molar-refractivity contribution is 0.199. The largest absolute Gasteiger partial charge is 0.438 e. The summed E-state index contributed by atoms with van der Waals surface area (Å²) in [5, 5.41) is 2.98. The number of amides is 2. The van der Waals surface area contributed by atoms with Crippen molar-refractivity contribution in [3.05, 3.63) is 83.8 Å². The van der Waals surface area contributed by atoms with Crippen LogP contribution >= 0.6 is 0 Å². The van der Waals surface area contributed by atoms with Gasteiger partial charge < -0.3 is 14.6 Å². The summed E-state index contributed by atoms with van der Waals surface area (Å²) in [5.41, 5.74) is 4.21. The van der Waals surface area contributed by atoms with E-state index in [-0.39, 0.29) is 12.1 Å². The molecule has 3 aromatic carbocycles. The number of hydrogen-bond donors (Lipinski definition) is 1. The first-order chi connectivity index (χ1) is 15.5. The van der Waals surface area contributed by atoms with Gasteiger partial charge in [-0.3, -0.25) is 0 Å². The number of rotatable bonds is 3. The molecule has 1 aliphatic rings. The second-order valence-electron chi connectivity index (χ2n) is 7.96. The van der Waals surface area contributed by atoms with Gasteiger partial charge in [0.25, 0.3) is 0 Å². The Balaban J connectivity index is 1.41. The van der Waals surface area contributed by atoms with Crippen LogP contribution in [0.25, 0.3) is 22.2 Å². The zero-order valence-corrected chi connectivity index (χ0v) is 17.4. The molecule has 2 heterocycles. The van der Waals surface area contributed by atoms with Crippen molar-refractivity contribution in [3.8, 4) is 11.1 Å². The molecule has 0 radical (unpaired) electrons. The highest BCUT2D eigenvalue weighted by Gasteiger charge is 2.33. The van der Waals surface area contributed by atoms with Crippen LogP contribution in [0.1, 0.15) is 30.3 Å². The molecule has 1 fully saturated rings. The summed E-state index contributed by atoms with van der Waals surface area (Å²) < 4.78 is 32.9. The average molecular weight is 433 g/mol. The third-order valence-electron chi connectivity index (χ3n) is 5.84. The lowest BCUT2D eigenvalue weighted by Gasteiger charge is -2.23. The van der Waals surface area contributed by atoms with E-state index in [1.54, 1.807) is 23.1 Å². The third-order valence-corrected chi connectivity index (χ3v) is 5.84. The maximum Gasteiger partial charge on any atom is 0.322 e. The van der Waals surface area contributed by atoms with Gasteiger partial charge >= 0.3 is 6.03 Å². The molecule has 1 aromatic heterocycles. The van der Waals surface area contributed by atoms with Gasteiger partial charge in [0.15, 0.2) is 17.2 Å². The van der Waals surface area contributed by atoms with Crippen LogP contribution in [0.4, 0.5) is 19.3 Å². The summed E-state index contributed by atoms with van der Waals surface area (Å²) in [5.74, 6) is -1.31. The number of carbonyl (C=O) groups is 1. The number of nitrogens with one attached hydrogen (secondary N) is 1. The van der Waals surface area contributed by atoms with Gasteiger partial charge in [-0.05, 0) is 66.8 Å². The van der Waals surface area contributed by atoms with E-state index in [1.807, 2.05) is 31.2 Å². The molecule has 1 N–H and O–H groups in total. The molecule has 4 aromatic rings. The van der Waals surface area contributed by atoms with Crippen LogP contribution < -0.4 is 5.32 Å². The van der Waals surface area contributed by atoms with E-state index in [9.17, 15) is 13.6 Å². The monoisotopic (exact) mass is 433 g/mol. The highest BCUT2D eigenvalue weighted by Crippen LogP contribution is 2.35. The summed E-state index contributed by atoms with van der Waals surface area (Å²) in [6.45, 7) is 2.56. The van der Waals surface area contributed by atoms with Gasteiger partial charge in [0.1, 0.15) is 11.6 Å². The van der Waals surface area contributed by atoms with Crippen LogP contribution in [-0.4, -0.2) is 22.5 Å². The minimum atomic E-state index is -0.898. The van der Waals surface area contributed by atoms with Crippen molar-refractivity contribution in [2.45, 2.75) is 25.8 Å². The quantitative estimate of drug-likeness (QED) is 0.404. The van der Waals surface area contributed by atoms with E-state index in [4.69, 9.17) is 4.42 Å². The van der Waals surface area contributed by atoms with Crippen molar-refractivity contribution in [1.82, 2.24) is 9.88 Å². The lowest BCUT2D eigenvalue weighted by Crippen LogP contribution is -2.34. The number of aryl methyl sites for hydroxylation is 1. The van der Waals surface area contributed by atoms with Crippen LogP contribution in [0.2, 0.25) is 0 Å². The van der Waals surface area contributed by atoms with E-state index in [1.165, 1.54) is 6.07 Å². The first kappa shape index (κ1) is 20.2. The molecule has 0 unspecified atom stereocenters. The smallest absolute Gasteiger partial charge is 0.322 e. The van der Waals surface area contributed by atoms with Gasteiger partial charge in [-0.25, -0.2) is 18.6 Å². The molecule has 1 saturated heterocycles. The number of nitrogens with zero attached hydrogens (tertiary/aromatic N) is 2. The Morgan fingerprint density at radius 3 is 2.66 bits per heavy atom. The molecule has 0 aliphatic carbocycles. The summed E-state index contributed by atoms with van der Waals surface area (Å²) in [6.07, 6.45) is 1.61. The van der Waals surface area contributed by atoms with E-state index >= 15 is 0 Å². The maximum absolute atomic E-state index is 13.6. The molecule has 0 saturated carbocycles. The fourth-order valence-corrected chi connectivity index (χ4v) is 4.11. The number of halogens is 2. The first-order valence-corrected chi connectivity index (χ1v) is 10.5. The molecule has 1 atom stereocenters. The van der Waals surface area contributed by atoms with E-state index in [0.717, 1.165) is 36.2 Å². The molecule has 0 bridgehead atoms. The standard InChI is InChI=1S/C25H21F2N3O2/c1-15-5-2-3-6-20(15)29-25(31)30-12-4-7-22(30)24-28-21-14-17(9-11-23(21)32-24)16-8-10-18(26)19(27)13-16/h2-3,5-6,8-11,13-14,22H,4,7,12H2,1H3,(H,29,31)/t22-/m1/s1. The third kappa shape index (κ3) is 3.70. The SMILES string of the molecule is Cc1ccccc1NC(=O)N1CCC[C@@H]1c1nc2cc(-c3ccc(F)c(F)c3)ccc2o1. The van der Waals surface area contributed by atoms with E-state index in [0.29, 0.717) is 34.7 Å². The number of carbonyl (C=O) groups excluding carboxylic acids is 1. The van der Waals surface area contributed by atoms with Crippen LogP contribution in [0.3, 0.4) is 0 Å². The summed E-state index contributed by atoms with van der Waals surface area (Å²) >= 11 is 0. The number of benzene rings is 3. The van der Waals surface area contributed by atoms with Crippen LogP contribution in [0, 0.1) is 18.6 Å². The maximum atomic E-state index is 13.6. The number of para-hydroxylation sites is 1. The molecule has 2 amide bonds. The molecule has 5 rings (SSSR count). The van der Waals surface area contributed by atoms with Crippen molar-refractivity contribution in [2.75, 3.05) is 11.9 Å². The molecule has 162 valence electrons. The molecular formula is C25H21F2N3O2. The molecule has 5 nitrogen and oxygen atoms in total. The lowest BCUT2D eigenvalue weighted by atomic mass is 10.1. The number of hydrogen-bond acceptors (Lipinski definition) is 3.